The van der Waals surface area contributed by atoms with E-state index in [1.807, 2.05) is 105 Å². The molecule has 278 valence electrons. The van der Waals surface area contributed by atoms with Gasteiger partial charge in [0, 0.05) is 36.3 Å². The van der Waals surface area contributed by atoms with Crippen LogP contribution in [0.1, 0.15) is 38.1 Å². The number of aromatic nitrogens is 4. The number of carbonyl (C=O) groups is 1. The van der Waals surface area contributed by atoms with Crippen molar-refractivity contribution in [2.75, 3.05) is 24.9 Å². The molecule has 7 rings (SSSR count). The van der Waals surface area contributed by atoms with E-state index in [0.717, 1.165) is 48.2 Å². The second-order valence-electron chi connectivity index (χ2n) is 14.7. The van der Waals surface area contributed by atoms with Gasteiger partial charge in [0.1, 0.15) is 10.8 Å². The van der Waals surface area contributed by atoms with Gasteiger partial charge in [-0.05, 0) is 66.4 Å². The van der Waals surface area contributed by atoms with E-state index in [0.29, 0.717) is 24.6 Å². The topological polar surface area (TPSA) is 131 Å². The van der Waals surface area contributed by atoms with E-state index in [2.05, 4.69) is 35.5 Å². The van der Waals surface area contributed by atoms with Crippen LogP contribution in [0.2, 0.25) is 5.04 Å². The number of fused-ring (bicyclic) bond motifs is 1. The van der Waals surface area contributed by atoms with Gasteiger partial charge < -0.3 is 24.9 Å². The molecule has 1 aliphatic carbocycles. The molecule has 0 unspecified atom stereocenters. The van der Waals surface area contributed by atoms with Crippen molar-refractivity contribution < 1.29 is 19.1 Å². The number of methoxy groups -OCH3 is 2. The Labute approximate surface area is 321 Å². The summed E-state index contributed by atoms with van der Waals surface area (Å²) in [6, 6.07) is 31.5. The number of anilines is 3. The lowest BCUT2D eigenvalue weighted by molar-refractivity contribution is -0.147. The number of pyridine rings is 1. The van der Waals surface area contributed by atoms with Gasteiger partial charge in [0.2, 0.25) is 5.95 Å². The molecular weight excluding hydrogens is 713 g/mol. The number of nitrogens with one attached hydrogen (secondary N) is 2. The highest BCUT2D eigenvalue weighted by molar-refractivity contribution is 7.21. The van der Waals surface area contributed by atoms with Crippen molar-refractivity contribution in [3.8, 4) is 10.6 Å². The minimum Gasteiger partial charge on any atom is -0.469 e. The number of carbonyl (C=O) groups excluding carboxylic acids is 1. The standard InChI is InChI=1S/C42H46N6O4SSi/c1-26-21-28(22-27(2)44-26)45-41-43-25-33(39-47-34-19-13-14-20-36(34)53-39)38(48-41)46-35-23-31(40(49)52-6)32(37(35)51-5)24-42(3,4)54(50,29-15-9-7-10-16-29)30-17-11-8-12-18-30/h7-22,25,31-32,35,37,50H,23-24H2,1-6H3,(H2,43,44,45,46,48)/t31-,32+,35+,37+/m0/s1. The number of ether oxygens (including phenoxy) is 2. The predicted molar refractivity (Wildman–Crippen MR) is 218 cm³/mol. The summed E-state index contributed by atoms with van der Waals surface area (Å²) in [5, 5.41) is 9.04. The van der Waals surface area contributed by atoms with Crippen LogP contribution in [-0.4, -0.2) is 65.4 Å². The summed E-state index contributed by atoms with van der Waals surface area (Å²) >= 11 is 1.57. The molecule has 12 heteroatoms. The molecule has 0 spiro atoms. The molecule has 1 saturated carbocycles. The molecule has 3 N–H and O–H groups in total. The highest BCUT2D eigenvalue weighted by atomic mass is 32.1. The Hall–Kier alpha value is -5.01. The van der Waals surface area contributed by atoms with Crippen LogP contribution in [0.25, 0.3) is 20.8 Å². The van der Waals surface area contributed by atoms with E-state index < -0.39 is 25.4 Å². The van der Waals surface area contributed by atoms with E-state index in [4.69, 9.17) is 24.4 Å². The number of esters is 1. The second-order valence-corrected chi connectivity index (χ2v) is 19.7. The van der Waals surface area contributed by atoms with Crippen molar-refractivity contribution in [1.29, 1.82) is 0 Å². The van der Waals surface area contributed by atoms with Crippen LogP contribution in [-0.2, 0) is 14.3 Å². The third kappa shape index (κ3) is 7.26. The number of benzene rings is 3. The van der Waals surface area contributed by atoms with Crippen LogP contribution < -0.4 is 21.0 Å². The Morgan fingerprint density at radius 3 is 2.15 bits per heavy atom. The zero-order valence-corrected chi connectivity index (χ0v) is 33.2. The molecule has 54 heavy (non-hydrogen) atoms. The van der Waals surface area contributed by atoms with Gasteiger partial charge in [0.15, 0.2) is 0 Å². The number of hydrogen-bond acceptors (Lipinski definition) is 11. The Morgan fingerprint density at radius 2 is 1.54 bits per heavy atom. The van der Waals surface area contributed by atoms with E-state index in [1.54, 1.807) is 24.6 Å². The van der Waals surface area contributed by atoms with Crippen molar-refractivity contribution in [2.24, 2.45) is 11.8 Å². The molecule has 0 bridgehead atoms. The minimum atomic E-state index is -3.40. The van der Waals surface area contributed by atoms with Crippen molar-refractivity contribution in [3.63, 3.8) is 0 Å². The number of para-hydroxylation sites is 1. The summed E-state index contributed by atoms with van der Waals surface area (Å²) in [5.41, 5.74) is 4.23. The molecule has 4 atom stereocenters. The van der Waals surface area contributed by atoms with Gasteiger partial charge in [0.25, 0.3) is 8.32 Å². The van der Waals surface area contributed by atoms with Crippen LogP contribution in [0.4, 0.5) is 17.5 Å². The first-order chi connectivity index (χ1) is 26.0. The van der Waals surface area contributed by atoms with Crippen molar-refractivity contribution in [3.05, 3.63) is 115 Å². The van der Waals surface area contributed by atoms with Crippen LogP contribution in [0.3, 0.4) is 0 Å². The van der Waals surface area contributed by atoms with Gasteiger partial charge in [-0.1, -0.05) is 86.6 Å². The maximum absolute atomic E-state index is 13.7. The van der Waals surface area contributed by atoms with Crippen molar-refractivity contribution >= 4 is 63.7 Å². The lowest BCUT2D eigenvalue weighted by atomic mass is 9.86. The zero-order chi connectivity index (χ0) is 38.0. The van der Waals surface area contributed by atoms with Gasteiger partial charge in [-0.2, -0.15) is 4.98 Å². The zero-order valence-electron chi connectivity index (χ0n) is 31.4. The van der Waals surface area contributed by atoms with E-state index in [-0.39, 0.29) is 17.9 Å². The largest absolute Gasteiger partial charge is 0.469 e. The summed E-state index contributed by atoms with van der Waals surface area (Å²) in [4.78, 5) is 45.9. The summed E-state index contributed by atoms with van der Waals surface area (Å²) in [7, 11) is -0.281. The van der Waals surface area contributed by atoms with Crippen molar-refractivity contribution in [2.45, 2.75) is 57.7 Å². The van der Waals surface area contributed by atoms with Gasteiger partial charge >= 0.3 is 5.97 Å². The first-order valence-corrected chi connectivity index (χ1v) is 20.9. The maximum atomic E-state index is 13.7. The molecule has 0 radical (unpaired) electrons. The first-order valence-electron chi connectivity index (χ1n) is 18.2. The molecule has 0 aliphatic heterocycles. The monoisotopic (exact) mass is 758 g/mol. The fourth-order valence-corrected chi connectivity index (χ4v) is 13.0. The molecule has 3 aromatic carbocycles. The first kappa shape index (κ1) is 37.3. The lowest BCUT2D eigenvalue weighted by Crippen LogP contribution is -2.66. The Balaban J connectivity index is 1.27. The van der Waals surface area contributed by atoms with Crippen LogP contribution in [0.5, 0.6) is 0 Å². The van der Waals surface area contributed by atoms with Crippen LogP contribution >= 0.6 is 11.3 Å². The Bertz CT molecular complexity index is 2160. The molecule has 0 amide bonds. The molecular formula is C42H46N6O4SSi. The molecule has 10 nitrogen and oxygen atoms in total. The highest BCUT2D eigenvalue weighted by Crippen LogP contribution is 2.49. The third-order valence-corrected chi connectivity index (χ3v) is 16.3. The third-order valence-electron chi connectivity index (χ3n) is 10.7. The summed E-state index contributed by atoms with van der Waals surface area (Å²) in [6.07, 6.45) is 2.32. The summed E-state index contributed by atoms with van der Waals surface area (Å²) in [6.45, 7) is 8.14. The maximum Gasteiger partial charge on any atom is 0.309 e. The van der Waals surface area contributed by atoms with Crippen LogP contribution in [0.15, 0.2) is 103 Å². The van der Waals surface area contributed by atoms with Gasteiger partial charge in [-0.25, -0.2) is 9.97 Å². The number of rotatable bonds is 12. The van der Waals surface area contributed by atoms with Gasteiger partial charge in [0.05, 0.1) is 41.0 Å². The minimum absolute atomic E-state index is 0.283. The molecule has 6 aromatic rings. The molecule has 3 aromatic heterocycles. The average molecular weight is 759 g/mol. The van der Waals surface area contributed by atoms with Gasteiger partial charge in [-0.3, -0.25) is 9.78 Å². The fourth-order valence-electron chi connectivity index (χ4n) is 8.22. The normalized spacial score (nSPS) is 18.8. The van der Waals surface area contributed by atoms with E-state index >= 15 is 0 Å². The summed E-state index contributed by atoms with van der Waals surface area (Å²) in [5.74, 6) is -0.0943. The average Bonchev–Trinajstić information content (AvgIpc) is 3.75. The molecule has 1 aliphatic rings. The molecule has 3 heterocycles. The van der Waals surface area contributed by atoms with Crippen molar-refractivity contribution in [1.82, 2.24) is 19.9 Å². The van der Waals surface area contributed by atoms with E-state index in [1.165, 1.54) is 7.11 Å². The SMILES string of the molecule is COC(=O)[C@H]1C[C@@H](Nc2nc(Nc3cc(C)nc(C)c3)ncc2-c2nc3ccccc3s2)[C@H](OC)[C@@H]1CC(C)(C)[Si](O)(c1ccccc1)c1ccccc1. The number of nitrogens with zero attached hydrogens (tertiary/aromatic N) is 4. The number of hydrogen-bond donors (Lipinski definition) is 3. The Morgan fingerprint density at radius 1 is 0.907 bits per heavy atom. The van der Waals surface area contributed by atoms with Crippen LogP contribution in [0, 0.1) is 25.7 Å². The smallest absolute Gasteiger partial charge is 0.309 e. The highest BCUT2D eigenvalue weighted by Gasteiger charge is 2.56. The predicted octanol–water partition coefficient (Wildman–Crippen LogP) is 7.04. The number of aryl methyl sites for hydroxylation is 2. The fraction of sp³-hybridized carbons (Fsp3) is 0.310. The molecule has 0 saturated heterocycles. The number of thiazole rings is 1. The Kier molecular flexibility index (Phi) is 10.6. The van der Waals surface area contributed by atoms with E-state index in [9.17, 15) is 9.59 Å². The van der Waals surface area contributed by atoms with Gasteiger partial charge in [-0.15, -0.1) is 11.3 Å². The summed E-state index contributed by atoms with van der Waals surface area (Å²) < 4.78 is 12.8. The second kappa shape index (κ2) is 15.4. The molecule has 1 fully saturated rings. The lowest BCUT2D eigenvalue weighted by Gasteiger charge is -2.44. The quantitative estimate of drug-likeness (QED) is 0.0883.